The van der Waals surface area contributed by atoms with Gasteiger partial charge in [0.2, 0.25) is 5.91 Å². The van der Waals surface area contributed by atoms with Gasteiger partial charge in [-0.2, -0.15) is 0 Å². The van der Waals surface area contributed by atoms with E-state index in [1.807, 2.05) is 19.9 Å². The van der Waals surface area contributed by atoms with Gasteiger partial charge in [0.05, 0.1) is 0 Å². The van der Waals surface area contributed by atoms with Gasteiger partial charge in [0.1, 0.15) is 0 Å². The van der Waals surface area contributed by atoms with Gasteiger partial charge in [0.15, 0.2) is 0 Å². The minimum Gasteiger partial charge on any atom is -0.398 e. The Hall–Kier alpha value is -1.71. The second kappa shape index (κ2) is 5.29. The molecule has 0 bridgehead atoms. The predicted octanol–water partition coefficient (Wildman–Crippen LogP) is 1.47. The fourth-order valence-electron chi connectivity index (χ4n) is 2.40. The van der Waals surface area contributed by atoms with Gasteiger partial charge in [-0.1, -0.05) is 6.07 Å². The van der Waals surface area contributed by atoms with Crippen LogP contribution in [0.15, 0.2) is 12.1 Å². The number of nitrogens with two attached hydrogens (primary N) is 1. The third-order valence-corrected chi connectivity index (χ3v) is 3.44. The number of fused-ring (bicyclic) bond motifs is 1. The first kappa shape index (κ1) is 12.7. The molecule has 2 rings (SSSR count). The number of benzene rings is 1. The lowest BCUT2D eigenvalue weighted by Crippen LogP contribution is -2.29. The van der Waals surface area contributed by atoms with Crippen molar-refractivity contribution < 1.29 is 4.79 Å². The van der Waals surface area contributed by atoms with Crippen molar-refractivity contribution in [3.05, 3.63) is 23.3 Å². The van der Waals surface area contributed by atoms with Crippen molar-refractivity contribution in [2.45, 2.75) is 26.7 Å². The standard InChI is InChI=1S/C14H21N3O/c1-3-16-14(18)5-7-17-6-4-11-8-10(2)12(15)9-13(11)17/h8-9H,3-7,15H2,1-2H3,(H,16,18). The van der Waals surface area contributed by atoms with Gasteiger partial charge in [-0.3, -0.25) is 4.79 Å². The van der Waals surface area contributed by atoms with Crippen LogP contribution >= 0.6 is 0 Å². The zero-order chi connectivity index (χ0) is 13.1. The highest BCUT2D eigenvalue weighted by Gasteiger charge is 2.20. The van der Waals surface area contributed by atoms with Gasteiger partial charge in [-0.15, -0.1) is 0 Å². The fraction of sp³-hybridized carbons (Fsp3) is 0.500. The summed E-state index contributed by atoms with van der Waals surface area (Å²) in [6, 6.07) is 4.20. The van der Waals surface area contributed by atoms with E-state index < -0.39 is 0 Å². The molecule has 0 saturated heterocycles. The van der Waals surface area contributed by atoms with Crippen LogP contribution in [0.2, 0.25) is 0 Å². The summed E-state index contributed by atoms with van der Waals surface area (Å²) in [5.74, 6) is 0.117. The molecule has 0 spiro atoms. The highest BCUT2D eigenvalue weighted by atomic mass is 16.1. The molecule has 1 aliphatic heterocycles. The Bertz CT molecular complexity index is 457. The number of anilines is 2. The number of carbonyl (C=O) groups is 1. The molecule has 0 atom stereocenters. The van der Waals surface area contributed by atoms with Crippen molar-refractivity contribution in [2.24, 2.45) is 0 Å². The number of rotatable bonds is 4. The summed E-state index contributed by atoms with van der Waals surface area (Å²) in [4.78, 5) is 13.7. The molecule has 4 nitrogen and oxygen atoms in total. The molecule has 1 amide bonds. The lowest BCUT2D eigenvalue weighted by atomic mass is 10.1. The largest absolute Gasteiger partial charge is 0.398 e. The topological polar surface area (TPSA) is 58.4 Å². The molecule has 1 aliphatic rings. The Kier molecular flexibility index (Phi) is 3.75. The molecule has 1 heterocycles. The van der Waals surface area contributed by atoms with Crippen LogP contribution < -0.4 is 16.0 Å². The SMILES string of the molecule is CCNC(=O)CCN1CCc2cc(C)c(N)cc21. The van der Waals surface area contributed by atoms with E-state index in [2.05, 4.69) is 16.3 Å². The molecule has 1 aromatic rings. The maximum absolute atomic E-state index is 11.5. The van der Waals surface area contributed by atoms with Crippen molar-refractivity contribution >= 4 is 17.3 Å². The number of hydrogen-bond acceptors (Lipinski definition) is 3. The molecular weight excluding hydrogens is 226 g/mol. The monoisotopic (exact) mass is 247 g/mol. The average molecular weight is 247 g/mol. The van der Waals surface area contributed by atoms with Gasteiger partial charge in [-0.25, -0.2) is 0 Å². The number of amides is 1. The summed E-state index contributed by atoms with van der Waals surface area (Å²) in [7, 11) is 0. The summed E-state index contributed by atoms with van der Waals surface area (Å²) in [6.45, 7) is 6.42. The van der Waals surface area contributed by atoms with Gasteiger partial charge in [0, 0.05) is 37.4 Å². The normalized spacial score (nSPS) is 13.6. The number of nitrogen functional groups attached to an aromatic ring is 1. The molecule has 1 aromatic carbocycles. The van der Waals surface area contributed by atoms with Crippen LogP contribution in [0, 0.1) is 6.92 Å². The minimum atomic E-state index is 0.117. The van der Waals surface area contributed by atoms with Gasteiger partial charge < -0.3 is 16.0 Å². The highest BCUT2D eigenvalue weighted by Crippen LogP contribution is 2.31. The highest BCUT2D eigenvalue weighted by molar-refractivity contribution is 5.77. The van der Waals surface area contributed by atoms with E-state index >= 15 is 0 Å². The van der Waals surface area contributed by atoms with Crippen LogP contribution in [-0.2, 0) is 11.2 Å². The Balaban J connectivity index is 2.03. The van der Waals surface area contributed by atoms with Gasteiger partial charge in [0.25, 0.3) is 0 Å². The summed E-state index contributed by atoms with van der Waals surface area (Å²) >= 11 is 0. The summed E-state index contributed by atoms with van der Waals surface area (Å²) < 4.78 is 0. The number of nitrogens with zero attached hydrogens (tertiary/aromatic N) is 1. The molecule has 0 radical (unpaired) electrons. The van der Waals surface area contributed by atoms with E-state index in [9.17, 15) is 4.79 Å². The van der Waals surface area contributed by atoms with E-state index in [4.69, 9.17) is 5.73 Å². The zero-order valence-electron chi connectivity index (χ0n) is 11.1. The Morgan fingerprint density at radius 3 is 3.00 bits per heavy atom. The van der Waals surface area contributed by atoms with Crippen LogP contribution in [0.25, 0.3) is 0 Å². The molecule has 0 unspecified atom stereocenters. The van der Waals surface area contributed by atoms with Crippen molar-refractivity contribution in [1.29, 1.82) is 0 Å². The summed E-state index contributed by atoms with van der Waals surface area (Å²) in [5.41, 5.74) is 10.5. The van der Waals surface area contributed by atoms with Gasteiger partial charge in [-0.05, 0) is 37.5 Å². The maximum Gasteiger partial charge on any atom is 0.221 e. The Morgan fingerprint density at radius 2 is 2.28 bits per heavy atom. The maximum atomic E-state index is 11.5. The zero-order valence-corrected chi connectivity index (χ0v) is 11.1. The van der Waals surface area contributed by atoms with Crippen LogP contribution in [0.5, 0.6) is 0 Å². The first-order valence-electron chi connectivity index (χ1n) is 6.52. The third-order valence-electron chi connectivity index (χ3n) is 3.44. The van der Waals surface area contributed by atoms with E-state index in [0.29, 0.717) is 13.0 Å². The predicted molar refractivity (Wildman–Crippen MR) is 74.8 cm³/mol. The molecule has 0 fully saturated rings. The molecule has 18 heavy (non-hydrogen) atoms. The molecule has 3 N–H and O–H groups in total. The molecular formula is C14H21N3O. The smallest absolute Gasteiger partial charge is 0.221 e. The van der Waals surface area contributed by atoms with E-state index in [0.717, 1.165) is 30.8 Å². The first-order valence-corrected chi connectivity index (χ1v) is 6.52. The summed E-state index contributed by atoms with van der Waals surface area (Å²) in [6.07, 6.45) is 1.59. The molecule has 4 heteroatoms. The number of hydrogen-bond donors (Lipinski definition) is 2. The molecule has 98 valence electrons. The first-order chi connectivity index (χ1) is 8.61. The second-order valence-corrected chi connectivity index (χ2v) is 4.78. The molecule has 0 aromatic heterocycles. The van der Waals surface area contributed by atoms with Crippen LogP contribution in [0.1, 0.15) is 24.5 Å². The van der Waals surface area contributed by atoms with E-state index in [-0.39, 0.29) is 5.91 Å². The Morgan fingerprint density at radius 1 is 1.50 bits per heavy atom. The Labute approximate surface area is 108 Å². The lowest BCUT2D eigenvalue weighted by Gasteiger charge is -2.19. The molecule has 0 aliphatic carbocycles. The van der Waals surface area contributed by atoms with Gasteiger partial charge >= 0.3 is 0 Å². The van der Waals surface area contributed by atoms with Crippen molar-refractivity contribution in [1.82, 2.24) is 5.32 Å². The summed E-state index contributed by atoms with van der Waals surface area (Å²) in [5, 5.41) is 2.82. The fourth-order valence-corrected chi connectivity index (χ4v) is 2.40. The number of aryl methyl sites for hydroxylation is 1. The number of nitrogens with one attached hydrogen (secondary N) is 1. The van der Waals surface area contributed by atoms with E-state index in [1.54, 1.807) is 0 Å². The van der Waals surface area contributed by atoms with Crippen molar-refractivity contribution in [3.8, 4) is 0 Å². The minimum absolute atomic E-state index is 0.117. The van der Waals surface area contributed by atoms with Crippen LogP contribution in [0.4, 0.5) is 11.4 Å². The van der Waals surface area contributed by atoms with Crippen molar-refractivity contribution in [3.63, 3.8) is 0 Å². The second-order valence-electron chi connectivity index (χ2n) is 4.78. The number of carbonyl (C=O) groups excluding carboxylic acids is 1. The lowest BCUT2D eigenvalue weighted by molar-refractivity contribution is -0.120. The van der Waals surface area contributed by atoms with Crippen molar-refractivity contribution in [2.75, 3.05) is 30.3 Å². The van der Waals surface area contributed by atoms with Crippen LogP contribution in [0.3, 0.4) is 0 Å². The van der Waals surface area contributed by atoms with E-state index in [1.165, 1.54) is 11.3 Å². The third kappa shape index (κ3) is 2.58. The molecule has 0 saturated carbocycles. The van der Waals surface area contributed by atoms with Crippen LogP contribution in [-0.4, -0.2) is 25.5 Å². The quantitative estimate of drug-likeness (QED) is 0.792. The average Bonchev–Trinajstić information content (AvgIpc) is 2.70.